The molecule has 3 heterocycles. The van der Waals surface area contributed by atoms with Gasteiger partial charge in [-0.1, -0.05) is 12.1 Å². The first-order valence-electron chi connectivity index (χ1n) is 8.38. The molecule has 0 aliphatic heterocycles. The number of benzene rings is 2. The molecule has 0 aliphatic rings. The zero-order valence-corrected chi connectivity index (χ0v) is 14.1. The molecule has 0 radical (unpaired) electrons. The number of hydrogen-bond acceptors (Lipinski definition) is 5. The van der Waals surface area contributed by atoms with E-state index in [-0.39, 0.29) is 5.82 Å². The summed E-state index contributed by atoms with van der Waals surface area (Å²) in [5.74, 6) is 0.189. The molecule has 0 saturated heterocycles. The summed E-state index contributed by atoms with van der Waals surface area (Å²) in [7, 11) is 0. The van der Waals surface area contributed by atoms with Crippen LogP contribution in [0.1, 0.15) is 5.56 Å². The Bertz CT molecular complexity index is 1260. The number of nitrogens with one attached hydrogen (secondary N) is 2. The van der Waals surface area contributed by atoms with E-state index in [2.05, 4.69) is 30.5 Å². The van der Waals surface area contributed by atoms with Crippen molar-refractivity contribution in [3.63, 3.8) is 0 Å². The SMILES string of the molecule is Fc1cccc(CNc2ncc3ncn(-c4ccc5cn[nH]c5c4)c3n2)c1. The number of H-pyrrole nitrogens is 1. The second-order valence-electron chi connectivity index (χ2n) is 6.14. The first-order valence-corrected chi connectivity index (χ1v) is 8.38. The summed E-state index contributed by atoms with van der Waals surface area (Å²) in [4.78, 5) is 13.2. The van der Waals surface area contributed by atoms with E-state index in [1.165, 1.54) is 12.1 Å². The van der Waals surface area contributed by atoms with Gasteiger partial charge in [0.25, 0.3) is 0 Å². The minimum Gasteiger partial charge on any atom is -0.350 e. The van der Waals surface area contributed by atoms with Crippen molar-refractivity contribution in [1.29, 1.82) is 0 Å². The van der Waals surface area contributed by atoms with Crippen LogP contribution in [0, 0.1) is 5.82 Å². The number of fused-ring (bicyclic) bond motifs is 2. The molecule has 3 aromatic heterocycles. The minimum absolute atomic E-state index is 0.266. The second-order valence-corrected chi connectivity index (χ2v) is 6.14. The van der Waals surface area contributed by atoms with E-state index in [1.54, 1.807) is 24.8 Å². The van der Waals surface area contributed by atoms with Crippen molar-refractivity contribution in [2.45, 2.75) is 6.54 Å². The molecule has 0 amide bonds. The predicted molar refractivity (Wildman–Crippen MR) is 100 cm³/mol. The first kappa shape index (κ1) is 15.4. The Hall–Kier alpha value is -3.81. The fraction of sp³-hybridized carbons (Fsp3) is 0.0526. The lowest BCUT2D eigenvalue weighted by molar-refractivity contribution is 0.626. The summed E-state index contributed by atoms with van der Waals surface area (Å²) in [6.07, 6.45) is 5.16. The van der Waals surface area contributed by atoms with Gasteiger partial charge in [0.05, 0.1) is 23.6 Å². The zero-order chi connectivity index (χ0) is 18.2. The van der Waals surface area contributed by atoms with E-state index in [0.29, 0.717) is 23.7 Å². The van der Waals surface area contributed by atoms with Crippen molar-refractivity contribution in [3.8, 4) is 5.69 Å². The highest BCUT2D eigenvalue weighted by Gasteiger charge is 2.09. The second kappa shape index (κ2) is 6.17. The molecule has 2 N–H and O–H groups in total. The number of imidazole rings is 1. The molecule has 0 spiro atoms. The summed E-state index contributed by atoms with van der Waals surface area (Å²) < 4.78 is 15.2. The van der Waals surface area contributed by atoms with Crippen molar-refractivity contribution in [2.24, 2.45) is 0 Å². The molecule has 7 nitrogen and oxygen atoms in total. The van der Waals surface area contributed by atoms with Crippen molar-refractivity contribution in [3.05, 3.63) is 72.6 Å². The molecule has 0 aliphatic carbocycles. The number of aromatic amines is 1. The third-order valence-corrected chi connectivity index (χ3v) is 4.33. The molecular weight excluding hydrogens is 345 g/mol. The summed E-state index contributed by atoms with van der Waals surface area (Å²) >= 11 is 0. The molecule has 5 aromatic rings. The molecule has 2 aromatic carbocycles. The van der Waals surface area contributed by atoms with Gasteiger partial charge in [-0.05, 0) is 35.9 Å². The smallest absolute Gasteiger partial charge is 0.225 e. The van der Waals surface area contributed by atoms with Gasteiger partial charge in [0, 0.05) is 11.9 Å². The number of aromatic nitrogens is 6. The predicted octanol–water partition coefficient (Wildman–Crippen LogP) is 3.44. The molecular formula is C19H14FN7. The van der Waals surface area contributed by atoms with E-state index in [4.69, 9.17) is 0 Å². The van der Waals surface area contributed by atoms with Gasteiger partial charge in [-0.15, -0.1) is 0 Å². The van der Waals surface area contributed by atoms with E-state index < -0.39 is 0 Å². The average Bonchev–Trinajstić information content (AvgIpc) is 3.32. The zero-order valence-electron chi connectivity index (χ0n) is 14.1. The molecule has 0 unspecified atom stereocenters. The number of nitrogens with zero attached hydrogens (tertiary/aromatic N) is 5. The number of halogens is 1. The maximum absolute atomic E-state index is 13.3. The highest BCUT2D eigenvalue weighted by molar-refractivity contribution is 5.81. The normalized spacial score (nSPS) is 11.3. The standard InChI is InChI=1S/C19H14FN7/c20-14-3-1-2-12(6-14)8-21-19-22-10-17-18(25-19)27(11-23-17)15-5-4-13-9-24-26-16(13)7-15/h1-7,9-11H,8H2,(H,24,26)(H,21,22,25). The third-order valence-electron chi connectivity index (χ3n) is 4.33. The van der Waals surface area contributed by atoms with Crippen LogP contribution in [0.4, 0.5) is 10.3 Å². The van der Waals surface area contributed by atoms with Crippen molar-refractivity contribution >= 4 is 28.0 Å². The van der Waals surface area contributed by atoms with Gasteiger partial charge in [-0.2, -0.15) is 10.1 Å². The van der Waals surface area contributed by atoms with Crippen LogP contribution in [-0.2, 0) is 6.54 Å². The lowest BCUT2D eigenvalue weighted by Gasteiger charge is -2.07. The van der Waals surface area contributed by atoms with Crippen LogP contribution < -0.4 is 5.32 Å². The maximum atomic E-state index is 13.3. The summed E-state index contributed by atoms with van der Waals surface area (Å²) in [5.41, 5.74) is 4.05. The lowest BCUT2D eigenvalue weighted by atomic mass is 10.2. The largest absolute Gasteiger partial charge is 0.350 e. The Balaban J connectivity index is 1.48. The minimum atomic E-state index is -0.266. The van der Waals surface area contributed by atoms with Gasteiger partial charge in [0.15, 0.2) is 5.65 Å². The van der Waals surface area contributed by atoms with Gasteiger partial charge in [0.1, 0.15) is 17.7 Å². The van der Waals surface area contributed by atoms with Gasteiger partial charge >= 0.3 is 0 Å². The van der Waals surface area contributed by atoms with Crippen LogP contribution >= 0.6 is 0 Å². The van der Waals surface area contributed by atoms with E-state index in [9.17, 15) is 4.39 Å². The first-order chi connectivity index (χ1) is 13.3. The van der Waals surface area contributed by atoms with Crippen LogP contribution in [0.15, 0.2) is 61.2 Å². The monoisotopic (exact) mass is 359 g/mol. The molecule has 132 valence electrons. The Labute approximate surface area is 152 Å². The summed E-state index contributed by atoms with van der Waals surface area (Å²) in [6.45, 7) is 0.428. The molecule has 0 bridgehead atoms. The number of anilines is 1. The molecule has 0 saturated carbocycles. The van der Waals surface area contributed by atoms with Crippen molar-refractivity contribution in [1.82, 2.24) is 29.7 Å². The van der Waals surface area contributed by atoms with Crippen LogP contribution in [0.5, 0.6) is 0 Å². The molecule has 8 heteroatoms. The molecule has 0 fully saturated rings. The Morgan fingerprint density at radius 3 is 2.96 bits per heavy atom. The fourth-order valence-corrected chi connectivity index (χ4v) is 2.99. The Kier molecular flexibility index (Phi) is 3.53. The topological polar surface area (TPSA) is 84.3 Å². The fourth-order valence-electron chi connectivity index (χ4n) is 2.99. The van der Waals surface area contributed by atoms with E-state index in [0.717, 1.165) is 22.2 Å². The average molecular weight is 359 g/mol. The van der Waals surface area contributed by atoms with Gasteiger partial charge in [-0.3, -0.25) is 9.67 Å². The summed E-state index contributed by atoms with van der Waals surface area (Å²) in [6, 6.07) is 12.4. The highest BCUT2D eigenvalue weighted by atomic mass is 19.1. The van der Waals surface area contributed by atoms with Crippen LogP contribution in [0.3, 0.4) is 0 Å². The van der Waals surface area contributed by atoms with Gasteiger partial charge in [-0.25, -0.2) is 14.4 Å². The van der Waals surface area contributed by atoms with Crippen LogP contribution in [-0.4, -0.2) is 29.7 Å². The van der Waals surface area contributed by atoms with Gasteiger partial charge in [0.2, 0.25) is 5.95 Å². The Morgan fingerprint density at radius 1 is 1.07 bits per heavy atom. The summed E-state index contributed by atoms with van der Waals surface area (Å²) in [5, 5.41) is 11.2. The van der Waals surface area contributed by atoms with E-state index in [1.807, 2.05) is 28.8 Å². The number of rotatable bonds is 4. The highest BCUT2D eigenvalue weighted by Crippen LogP contribution is 2.20. The van der Waals surface area contributed by atoms with Crippen molar-refractivity contribution in [2.75, 3.05) is 5.32 Å². The van der Waals surface area contributed by atoms with Gasteiger partial charge < -0.3 is 5.32 Å². The number of hydrogen-bond donors (Lipinski definition) is 2. The Morgan fingerprint density at radius 2 is 2.04 bits per heavy atom. The van der Waals surface area contributed by atoms with Crippen molar-refractivity contribution < 1.29 is 4.39 Å². The molecule has 0 atom stereocenters. The lowest BCUT2D eigenvalue weighted by Crippen LogP contribution is -2.04. The quantitative estimate of drug-likeness (QED) is 0.513. The van der Waals surface area contributed by atoms with E-state index >= 15 is 0 Å². The van der Waals surface area contributed by atoms with Crippen LogP contribution in [0.25, 0.3) is 27.8 Å². The third kappa shape index (κ3) is 2.86. The molecule has 27 heavy (non-hydrogen) atoms. The molecule has 5 rings (SSSR count). The van der Waals surface area contributed by atoms with Crippen LogP contribution in [0.2, 0.25) is 0 Å². The maximum Gasteiger partial charge on any atom is 0.225 e.